The van der Waals surface area contributed by atoms with Crippen LogP contribution in [0.15, 0.2) is 22.2 Å². The molecule has 19 heavy (non-hydrogen) atoms. The quantitative estimate of drug-likeness (QED) is 0.613. The van der Waals surface area contributed by atoms with Gasteiger partial charge < -0.3 is 9.47 Å². The van der Waals surface area contributed by atoms with Gasteiger partial charge in [0.25, 0.3) is 0 Å². The number of hydrogen-bond acceptors (Lipinski definition) is 5. The van der Waals surface area contributed by atoms with Crippen molar-refractivity contribution >= 4 is 27.8 Å². The van der Waals surface area contributed by atoms with Gasteiger partial charge in [0, 0.05) is 16.1 Å². The molecule has 0 aliphatic heterocycles. The summed E-state index contributed by atoms with van der Waals surface area (Å²) in [5.74, 6) is 0.718. The highest BCUT2D eigenvalue weighted by Gasteiger charge is 2.29. The van der Waals surface area contributed by atoms with Crippen LogP contribution in [0.4, 0.5) is 0 Å². The third-order valence-corrected chi connectivity index (χ3v) is 3.30. The minimum Gasteiger partial charge on any atom is -0.481 e. The van der Waals surface area contributed by atoms with Gasteiger partial charge in [0.15, 0.2) is 0 Å². The Labute approximate surface area is 119 Å². The Balaban J connectivity index is 3.40. The van der Waals surface area contributed by atoms with E-state index >= 15 is 0 Å². The molecule has 0 bridgehead atoms. The van der Waals surface area contributed by atoms with Crippen molar-refractivity contribution in [1.82, 2.24) is 4.98 Å². The minimum atomic E-state index is -0.878. The molecule has 0 saturated carbocycles. The van der Waals surface area contributed by atoms with Crippen LogP contribution in [0.25, 0.3) is 0 Å². The van der Waals surface area contributed by atoms with Gasteiger partial charge in [-0.3, -0.25) is 4.79 Å². The summed E-state index contributed by atoms with van der Waals surface area (Å²) in [6.45, 7) is 1.77. The predicted molar refractivity (Wildman–Crippen MR) is 72.7 cm³/mol. The smallest absolute Gasteiger partial charge is 0.319 e. The van der Waals surface area contributed by atoms with E-state index in [4.69, 9.17) is 9.47 Å². The molecule has 1 aromatic rings. The van der Waals surface area contributed by atoms with Crippen LogP contribution in [0.2, 0.25) is 0 Å². The van der Waals surface area contributed by atoms with Crippen molar-refractivity contribution in [2.75, 3.05) is 14.2 Å². The summed E-state index contributed by atoms with van der Waals surface area (Å²) in [4.78, 5) is 27.1. The number of nitrogens with zero attached hydrogens (tertiary/aromatic N) is 1. The summed E-state index contributed by atoms with van der Waals surface area (Å²) in [6.07, 6.45) is 0.384. The van der Waals surface area contributed by atoms with Crippen LogP contribution in [0.1, 0.15) is 25.0 Å². The van der Waals surface area contributed by atoms with E-state index in [-0.39, 0.29) is 5.57 Å². The topological polar surface area (TPSA) is 65.5 Å². The van der Waals surface area contributed by atoms with Crippen LogP contribution in [0.3, 0.4) is 0 Å². The van der Waals surface area contributed by atoms with Gasteiger partial charge in [0.2, 0.25) is 5.88 Å². The number of rotatable bonds is 5. The zero-order valence-electron chi connectivity index (χ0n) is 10.9. The van der Waals surface area contributed by atoms with E-state index in [9.17, 15) is 9.59 Å². The highest BCUT2D eigenvalue weighted by atomic mass is 79.9. The fourth-order valence-corrected chi connectivity index (χ4v) is 2.08. The fourth-order valence-electron chi connectivity index (χ4n) is 1.63. The van der Waals surface area contributed by atoms with Crippen LogP contribution in [0, 0.1) is 0 Å². The van der Waals surface area contributed by atoms with Crippen molar-refractivity contribution in [3.05, 3.63) is 27.9 Å². The van der Waals surface area contributed by atoms with Crippen molar-refractivity contribution in [2.45, 2.75) is 19.3 Å². The molecule has 0 aliphatic rings. The van der Waals surface area contributed by atoms with Gasteiger partial charge in [-0.2, -0.15) is 0 Å². The first kappa shape index (κ1) is 15.4. The van der Waals surface area contributed by atoms with E-state index < -0.39 is 11.9 Å². The highest BCUT2D eigenvalue weighted by molar-refractivity contribution is 9.10. The van der Waals surface area contributed by atoms with Crippen molar-refractivity contribution in [2.24, 2.45) is 0 Å². The van der Waals surface area contributed by atoms with Crippen LogP contribution in [-0.2, 0) is 14.3 Å². The first-order chi connectivity index (χ1) is 9.08. The summed E-state index contributed by atoms with van der Waals surface area (Å²) >= 11 is 3.32. The lowest BCUT2D eigenvalue weighted by molar-refractivity contribution is -0.141. The molecule has 1 rings (SSSR count). The molecule has 0 aromatic carbocycles. The number of ether oxygens (including phenoxy) is 2. The SMILES string of the molecule is CCC(=C=O)C(C(=O)OC)c1nc(OC)ccc1Br. The lowest BCUT2D eigenvalue weighted by Crippen LogP contribution is -2.19. The van der Waals surface area contributed by atoms with E-state index in [1.807, 2.05) is 0 Å². The molecule has 0 amide bonds. The van der Waals surface area contributed by atoms with E-state index in [1.165, 1.54) is 14.2 Å². The number of halogens is 1. The summed E-state index contributed by atoms with van der Waals surface area (Å²) in [7, 11) is 2.74. The van der Waals surface area contributed by atoms with Crippen LogP contribution < -0.4 is 4.74 Å². The fraction of sp³-hybridized carbons (Fsp3) is 0.385. The molecule has 5 nitrogen and oxygen atoms in total. The van der Waals surface area contributed by atoms with Crippen molar-refractivity contribution < 1.29 is 19.1 Å². The number of carbonyl (C=O) groups is 1. The molecule has 1 atom stereocenters. The Morgan fingerprint density at radius 2 is 2.16 bits per heavy atom. The Morgan fingerprint density at radius 3 is 2.63 bits per heavy atom. The molecule has 0 radical (unpaired) electrons. The third-order valence-electron chi connectivity index (χ3n) is 2.63. The summed E-state index contributed by atoms with van der Waals surface area (Å²) < 4.78 is 10.4. The molecule has 6 heteroatoms. The lowest BCUT2D eigenvalue weighted by Gasteiger charge is -2.16. The second kappa shape index (κ2) is 7.07. The van der Waals surface area contributed by atoms with Gasteiger partial charge in [-0.15, -0.1) is 0 Å². The van der Waals surface area contributed by atoms with Crippen molar-refractivity contribution in [1.29, 1.82) is 0 Å². The second-order valence-corrected chi connectivity index (χ2v) is 4.51. The van der Waals surface area contributed by atoms with Crippen molar-refractivity contribution in [3.63, 3.8) is 0 Å². The summed E-state index contributed by atoms with van der Waals surface area (Å²) in [6, 6.07) is 3.35. The zero-order chi connectivity index (χ0) is 14.4. The molecule has 1 aromatic heterocycles. The van der Waals surface area contributed by atoms with Gasteiger partial charge in [-0.05, 0) is 28.4 Å². The first-order valence-electron chi connectivity index (χ1n) is 5.61. The van der Waals surface area contributed by atoms with Crippen LogP contribution in [0.5, 0.6) is 5.88 Å². The molecular formula is C13H14BrNO4. The van der Waals surface area contributed by atoms with Gasteiger partial charge in [0.1, 0.15) is 11.9 Å². The molecule has 0 N–H and O–H groups in total. The predicted octanol–water partition coefficient (Wildman–Crippen LogP) is 2.28. The average molecular weight is 328 g/mol. The maximum absolute atomic E-state index is 11.9. The van der Waals surface area contributed by atoms with Crippen LogP contribution in [-0.4, -0.2) is 31.1 Å². The molecule has 0 saturated heterocycles. The molecular weight excluding hydrogens is 314 g/mol. The number of pyridine rings is 1. The standard InChI is InChI=1S/C13H14BrNO4/c1-4-8(7-16)11(13(17)19-3)12-9(14)5-6-10(15-12)18-2/h5-6,11H,4H2,1-3H3. The summed E-state index contributed by atoms with van der Waals surface area (Å²) in [5, 5.41) is 0. The van der Waals surface area contributed by atoms with Gasteiger partial charge in [0.05, 0.1) is 19.9 Å². The van der Waals surface area contributed by atoms with E-state index in [0.717, 1.165) is 0 Å². The molecule has 0 fully saturated rings. The maximum Gasteiger partial charge on any atom is 0.319 e. The number of hydrogen-bond donors (Lipinski definition) is 0. The Bertz CT molecular complexity index is 523. The number of carbonyl (C=O) groups excluding carboxylic acids is 2. The molecule has 0 spiro atoms. The van der Waals surface area contributed by atoms with Gasteiger partial charge >= 0.3 is 5.97 Å². The van der Waals surface area contributed by atoms with Gasteiger partial charge in [-0.25, -0.2) is 9.78 Å². The lowest BCUT2D eigenvalue weighted by atomic mass is 9.94. The molecule has 1 unspecified atom stereocenters. The average Bonchev–Trinajstić information content (AvgIpc) is 2.45. The van der Waals surface area contributed by atoms with E-state index in [2.05, 4.69) is 20.9 Å². The minimum absolute atomic E-state index is 0.285. The molecule has 0 aliphatic carbocycles. The highest BCUT2D eigenvalue weighted by Crippen LogP contribution is 2.31. The first-order valence-corrected chi connectivity index (χ1v) is 6.40. The van der Waals surface area contributed by atoms with E-state index in [0.29, 0.717) is 22.5 Å². The number of methoxy groups -OCH3 is 2. The third kappa shape index (κ3) is 3.43. The van der Waals surface area contributed by atoms with Gasteiger partial charge in [-0.1, -0.05) is 6.92 Å². The second-order valence-electron chi connectivity index (χ2n) is 3.66. The molecule has 1 heterocycles. The summed E-state index contributed by atoms with van der Waals surface area (Å²) in [5.41, 5.74) is 0.666. The Hall–Kier alpha value is -1.65. The number of esters is 1. The largest absolute Gasteiger partial charge is 0.481 e. The van der Waals surface area contributed by atoms with Crippen LogP contribution >= 0.6 is 15.9 Å². The Morgan fingerprint density at radius 1 is 1.47 bits per heavy atom. The Kier molecular flexibility index (Phi) is 5.73. The molecule has 102 valence electrons. The maximum atomic E-state index is 11.9. The van der Waals surface area contributed by atoms with E-state index in [1.54, 1.807) is 25.0 Å². The monoisotopic (exact) mass is 327 g/mol. The van der Waals surface area contributed by atoms with Crippen molar-refractivity contribution in [3.8, 4) is 5.88 Å². The zero-order valence-corrected chi connectivity index (χ0v) is 12.5. The number of aromatic nitrogens is 1. The normalized spacial score (nSPS) is 11.4.